The Morgan fingerprint density at radius 1 is 1.33 bits per heavy atom. The maximum atomic E-state index is 11.6. The minimum absolute atomic E-state index is 0. The molecule has 0 unspecified atom stereocenters. The summed E-state index contributed by atoms with van der Waals surface area (Å²) in [6.07, 6.45) is 6.91. The van der Waals surface area contributed by atoms with Crippen molar-refractivity contribution >= 4 is 35.8 Å². The van der Waals surface area contributed by atoms with Crippen LogP contribution in [0.15, 0.2) is 4.99 Å². The van der Waals surface area contributed by atoms with E-state index in [1.54, 1.807) is 0 Å². The fraction of sp³-hybridized carbons (Fsp3) is 0.833. The summed E-state index contributed by atoms with van der Waals surface area (Å²) in [5.41, 5.74) is 5.60. The molecular weight excluding hydrogens is 343 g/mol. The number of nitrogens with one attached hydrogen (secondary N) is 2. The Kier molecular flexibility index (Phi) is 10.1. The van der Waals surface area contributed by atoms with Crippen LogP contribution in [0.4, 0.5) is 0 Å². The highest BCUT2D eigenvalue weighted by atomic mass is 127. The van der Waals surface area contributed by atoms with Crippen molar-refractivity contribution in [2.45, 2.75) is 51.5 Å². The summed E-state index contributed by atoms with van der Waals surface area (Å²) in [7, 11) is 0. The van der Waals surface area contributed by atoms with Gasteiger partial charge >= 0.3 is 0 Å². The average molecular weight is 368 g/mol. The lowest BCUT2D eigenvalue weighted by Crippen LogP contribution is -2.39. The number of hydrogen-bond acceptors (Lipinski definition) is 2. The van der Waals surface area contributed by atoms with Crippen LogP contribution in [0.5, 0.6) is 0 Å². The zero-order valence-electron chi connectivity index (χ0n) is 11.1. The molecule has 0 radical (unpaired) electrons. The second kappa shape index (κ2) is 10.4. The number of guanidine groups is 1. The van der Waals surface area contributed by atoms with Crippen LogP contribution >= 0.6 is 24.0 Å². The van der Waals surface area contributed by atoms with Crippen LogP contribution in [0.1, 0.15) is 45.4 Å². The second-order valence-corrected chi connectivity index (χ2v) is 4.53. The molecule has 106 valence electrons. The minimum atomic E-state index is -0.0295. The normalized spacial score (nSPS) is 16.8. The van der Waals surface area contributed by atoms with Gasteiger partial charge in [0.05, 0.1) is 0 Å². The molecule has 18 heavy (non-hydrogen) atoms. The van der Waals surface area contributed by atoms with E-state index >= 15 is 0 Å². The zero-order valence-corrected chi connectivity index (χ0v) is 13.4. The van der Waals surface area contributed by atoms with Crippen molar-refractivity contribution in [3.8, 4) is 0 Å². The van der Waals surface area contributed by atoms with Gasteiger partial charge in [-0.1, -0.05) is 26.2 Å². The molecule has 0 aromatic rings. The van der Waals surface area contributed by atoms with Crippen LogP contribution in [-0.4, -0.2) is 31.0 Å². The smallest absolute Gasteiger partial charge is 0.242 e. The zero-order chi connectivity index (χ0) is 12.5. The topological polar surface area (TPSA) is 79.5 Å². The SMILES string of the molecule is CCCNC(N)=NCC(=O)NC1CCCCC1.I. The molecule has 0 aromatic heterocycles. The summed E-state index contributed by atoms with van der Waals surface area (Å²) < 4.78 is 0. The Morgan fingerprint density at radius 2 is 2.00 bits per heavy atom. The number of hydrogen-bond donors (Lipinski definition) is 3. The summed E-state index contributed by atoms with van der Waals surface area (Å²) in [6.45, 7) is 2.97. The third-order valence-corrected chi connectivity index (χ3v) is 2.92. The molecule has 1 aliphatic rings. The molecule has 1 amide bonds. The highest BCUT2D eigenvalue weighted by molar-refractivity contribution is 14.0. The summed E-state index contributed by atoms with van der Waals surface area (Å²) in [4.78, 5) is 15.6. The van der Waals surface area contributed by atoms with Crippen LogP contribution in [0.25, 0.3) is 0 Å². The molecule has 0 spiro atoms. The fourth-order valence-electron chi connectivity index (χ4n) is 1.99. The van der Waals surface area contributed by atoms with E-state index < -0.39 is 0 Å². The summed E-state index contributed by atoms with van der Waals surface area (Å²) in [5, 5.41) is 5.94. The molecule has 0 aromatic carbocycles. The molecule has 0 aliphatic heterocycles. The number of rotatable bonds is 5. The maximum absolute atomic E-state index is 11.6. The summed E-state index contributed by atoms with van der Waals surface area (Å²) in [5.74, 6) is 0.323. The first-order valence-electron chi connectivity index (χ1n) is 6.55. The van der Waals surface area contributed by atoms with E-state index in [0.29, 0.717) is 12.0 Å². The van der Waals surface area contributed by atoms with Gasteiger partial charge in [0.2, 0.25) is 5.91 Å². The highest BCUT2D eigenvalue weighted by Crippen LogP contribution is 2.17. The number of nitrogens with zero attached hydrogens (tertiary/aromatic N) is 1. The standard InChI is InChI=1S/C12H24N4O.HI/c1-2-8-14-12(13)15-9-11(17)16-10-6-4-3-5-7-10;/h10H,2-9H2,1H3,(H,16,17)(H3,13,14,15);1H. The third-order valence-electron chi connectivity index (χ3n) is 2.92. The Bertz CT molecular complexity index is 265. The van der Waals surface area contributed by atoms with Gasteiger partial charge in [-0.15, -0.1) is 24.0 Å². The van der Waals surface area contributed by atoms with E-state index in [4.69, 9.17) is 5.73 Å². The van der Waals surface area contributed by atoms with E-state index in [1.165, 1.54) is 19.3 Å². The van der Waals surface area contributed by atoms with E-state index in [9.17, 15) is 4.79 Å². The van der Waals surface area contributed by atoms with Crippen molar-refractivity contribution in [3.05, 3.63) is 0 Å². The number of halogens is 1. The number of carbonyl (C=O) groups is 1. The molecule has 0 atom stereocenters. The number of nitrogens with two attached hydrogens (primary N) is 1. The number of aliphatic imine (C=N–C) groups is 1. The van der Waals surface area contributed by atoms with Crippen molar-refractivity contribution in [2.75, 3.05) is 13.1 Å². The highest BCUT2D eigenvalue weighted by Gasteiger charge is 2.14. The number of amides is 1. The van der Waals surface area contributed by atoms with Crippen LogP contribution in [0.3, 0.4) is 0 Å². The maximum Gasteiger partial charge on any atom is 0.242 e. The molecule has 1 rings (SSSR count). The fourth-order valence-corrected chi connectivity index (χ4v) is 1.99. The van der Waals surface area contributed by atoms with E-state index in [0.717, 1.165) is 25.8 Å². The van der Waals surface area contributed by atoms with Gasteiger partial charge in [0.25, 0.3) is 0 Å². The lowest BCUT2D eigenvalue weighted by molar-refractivity contribution is -0.120. The second-order valence-electron chi connectivity index (χ2n) is 4.53. The van der Waals surface area contributed by atoms with E-state index in [2.05, 4.69) is 22.5 Å². The van der Waals surface area contributed by atoms with Gasteiger partial charge in [0, 0.05) is 12.6 Å². The molecule has 1 saturated carbocycles. The Labute approximate surface area is 126 Å². The van der Waals surface area contributed by atoms with Crippen molar-refractivity contribution in [1.82, 2.24) is 10.6 Å². The predicted molar refractivity (Wildman–Crippen MR) is 85.2 cm³/mol. The Balaban J connectivity index is 0.00000289. The molecule has 0 heterocycles. The lowest BCUT2D eigenvalue weighted by Gasteiger charge is -2.22. The third kappa shape index (κ3) is 7.73. The van der Waals surface area contributed by atoms with E-state index in [1.807, 2.05) is 0 Å². The molecular formula is C12H25IN4O. The minimum Gasteiger partial charge on any atom is -0.370 e. The van der Waals surface area contributed by atoms with Crippen molar-refractivity contribution in [2.24, 2.45) is 10.7 Å². The number of carbonyl (C=O) groups excluding carboxylic acids is 1. The van der Waals surface area contributed by atoms with Crippen molar-refractivity contribution < 1.29 is 4.79 Å². The molecule has 5 nitrogen and oxygen atoms in total. The largest absolute Gasteiger partial charge is 0.370 e. The van der Waals surface area contributed by atoms with Crippen LogP contribution in [-0.2, 0) is 4.79 Å². The van der Waals surface area contributed by atoms with Gasteiger partial charge in [0.1, 0.15) is 6.54 Å². The summed E-state index contributed by atoms with van der Waals surface area (Å²) >= 11 is 0. The molecule has 4 N–H and O–H groups in total. The predicted octanol–water partition coefficient (Wildman–Crippen LogP) is 1.37. The molecule has 0 saturated heterocycles. The van der Waals surface area contributed by atoms with Crippen LogP contribution in [0.2, 0.25) is 0 Å². The van der Waals surface area contributed by atoms with Gasteiger partial charge < -0.3 is 16.4 Å². The van der Waals surface area contributed by atoms with Gasteiger partial charge in [-0.3, -0.25) is 4.79 Å². The first-order chi connectivity index (χ1) is 8.22. The van der Waals surface area contributed by atoms with Crippen molar-refractivity contribution in [3.63, 3.8) is 0 Å². The van der Waals surface area contributed by atoms with Crippen LogP contribution in [0, 0.1) is 0 Å². The quantitative estimate of drug-likeness (QED) is 0.390. The first-order valence-corrected chi connectivity index (χ1v) is 6.55. The average Bonchev–Trinajstić information content (AvgIpc) is 2.35. The Hall–Kier alpha value is -0.530. The molecule has 0 bridgehead atoms. The monoisotopic (exact) mass is 368 g/mol. The van der Waals surface area contributed by atoms with E-state index in [-0.39, 0.29) is 36.4 Å². The van der Waals surface area contributed by atoms with Crippen LogP contribution < -0.4 is 16.4 Å². The molecule has 6 heteroatoms. The first kappa shape index (κ1) is 17.5. The van der Waals surface area contributed by atoms with Gasteiger partial charge in [-0.05, 0) is 19.3 Å². The molecule has 1 aliphatic carbocycles. The van der Waals surface area contributed by atoms with Gasteiger partial charge in [-0.25, -0.2) is 4.99 Å². The van der Waals surface area contributed by atoms with Crippen molar-refractivity contribution in [1.29, 1.82) is 0 Å². The van der Waals surface area contributed by atoms with Gasteiger partial charge in [0.15, 0.2) is 5.96 Å². The summed E-state index contributed by atoms with van der Waals surface area (Å²) in [6, 6.07) is 0.344. The Morgan fingerprint density at radius 3 is 2.61 bits per heavy atom. The van der Waals surface area contributed by atoms with Gasteiger partial charge in [-0.2, -0.15) is 0 Å². The lowest BCUT2D eigenvalue weighted by atomic mass is 9.95. The molecule has 1 fully saturated rings.